The van der Waals surface area contributed by atoms with Gasteiger partial charge in [-0.3, -0.25) is 0 Å². The van der Waals surface area contributed by atoms with Gasteiger partial charge >= 0.3 is 7.25 Å². The second kappa shape index (κ2) is 7.72. The average Bonchev–Trinajstić information content (AvgIpc) is 2.15. The molecule has 0 saturated heterocycles. The third-order valence-corrected chi connectivity index (χ3v) is 4.88. The molecule has 0 saturated carbocycles. The van der Waals surface area contributed by atoms with Crippen molar-refractivity contribution in [2.75, 3.05) is 0 Å². The lowest BCUT2D eigenvalue weighted by Crippen LogP contribution is -2.24. The quantitative estimate of drug-likeness (QED) is 0.425. The Morgan fingerprint density at radius 1 is 0.833 bits per heavy atom. The molecule has 0 amide bonds. The van der Waals surface area contributed by atoms with E-state index < -0.39 is 7.25 Å². The third-order valence-electron chi connectivity index (χ3n) is 2.03. The van der Waals surface area contributed by atoms with Gasteiger partial charge in [-0.2, -0.15) is 0 Å². The lowest BCUT2D eigenvalue weighted by atomic mass is 10.3. The summed E-state index contributed by atoms with van der Waals surface area (Å²) in [4.78, 5) is 1.51. The van der Waals surface area contributed by atoms with Gasteiger partial charge in [0.05, 0.1) is 0 Å². The fourth-order valence-corrected chi connectivity index (χ4v) is 4.32. The van der Waals surface area contributed by atoms with Crippen molar-refractivity contribution in [3.63, 3.8) is 0 Å². The van der Waals surface area contributed by atoms with Crippen LogP contribution in [0.4, 0.5) is 17.3 Å². The fourth-order valence-electron chi connectivity index (χ4n) is 1.67. The molecular weight excluding hydrogens is 263 g/mol. The van der Waals surface area contributed by atoms with Crippen LogP contribution in [0.3, 0.4) is 0 Å². The average molecular weight is 282 g/mol. The molecule has 0 atom stereocenters. The van der Waals surface area contributed by atoms with Gasteiger partial charge in [-0.15, -0.1) is 0 Å². The largest absolute Gasteiger partial charge is 0.673 e. The SMILES string of the molecule is CC(C)[S+](c1ccccc1)C(C)C.F[B-](F)(F)F. The van der Waals surface area contributed by atoms with E-state index in [0.717, 1.165) is 10.5 Å². The van der Waals surface area contributed by atoms with Crippen LogP contribution in [-0.4, -0.2) is 17.8 Å². The maximum atomic E-state index is 9.75. The Balaban J connectivity index is 0.000000494. The molecule has 104 valence electrons. The lowest BCUT2D eigenvalue weighted by Gasteiger charge is -2.14. The Labute approximate surface area is 109 Å². The Hall–Kier alpha value is -0.645. The van der Waals surface area contributed by atoms with Crippen molar-refractivity contribution < 1.29 is 17.3 Å². The van der Waals surface area contributed by atoms with E-state index in [4.69, 9.17) is 0 Å². The Kier molecular flexibility index (Phi) is 7.44. The maximum Gasteiger partial charge on any atom is 0.673 e. The molecule has 0 heterocycles. The van der Waals surface area contributed by atoms with Crippen molar-refractivity contribution in [3.05, 3.63) is 30.3 Å². The fraction of sp³-hybridized carbons (Fsp3) is 0.500. The van der Waals surface area contributed by atoms with Gasteiger partial charge in [0.25, 0.3) is 0 Å². The second-order valence-corrected chi connectivity index (χ2v) is 7.38. The summed E-state index contributed by atoms with van der Waals surface area (Å²) >= 11 is 0. The molecule has 0 aliphatic heterocycles. The van der Waals surface area contributed by atoms with Crippen molar-refractivity contribution in [2.45, 2.75) is 43.1 Å². The minimum absolute atomic E-state index is 0.409. The molecule has 1 aromatic carbocycles. The van der Waals surface area contributed by atoms with Crippen molar-refractivity contribution in [3.8, 4) is 0 Å². The zero-order valence-electron chi connectivity index (χ0n) is 11.0. The maximum absolute atomic E-state index is 9.75. The number of rotatable bonds is 3. The number of halogens is 4. The Morgan fingerprint density at radius 2 is 1.17 bits per heavy atom. The molecule has 0 fully saturated rings. The summed E-state index contributed by atoms with van der Waals surface area (Å²) in [5, 5.41) is 1.50. The van der Waals surface area contributed by atoms with Crippen LogP contribution in [0.25, 0.3) is 0 Å². The predicted molar refractivity (Wildman–Crippen MR) is 72.5 cm³/mol. The number of hydrogen-bond donors (Lipinski definition) is 0. The van der Waals surface area contributed by atoms with E-state index in [1.54, 1.807) is 0 Å². The molecule has 0 unspecified atom stereocenters. The van der Waals surface area contributed by atoms with E-state index in [1.807, 2.05) is 0 Å². The lowest BCUT2D eigenvalue weighted by molar-refractivity contribution is 0.368. The van der Waals surface area contributed by atoms with E-state index >= 15 is 0 Å². The Morgan fingerprint density at radius 3 is 1.44 bits per heavy atom. The van der Waals surface area contributed by atoms with E-state index in [-0.39, 0.29) is 0 Å². The van der Waals surface area contributed by atoms with Crippen molar-refractivity contribution in [1.29, 1.82) is 0 Å². The van der Waals surface area contributed by atoms with Crippen molar-refractivity contribution >= 4 is 18.1 Å². The summed E-state index contributed by atoms with van der Waals surface area (Å²) in [7, 11) is -5.59. The summed E-state index contributed by atoms with van der Waals surface area (Å²) in [5.41, 5.74) is 0. The first-order valence-electron chi connectivity index (χ1n) is 5.77. The number of benzene rings is 1. The molecule has 0 spiro atoms. The van der Waals surface area contributed by atoms with Gasteiger partial charge in [0.2, 0.25) is 0 Å². The topological polar surface area (TPSA) is 0 Å². The first-order valence-corrected chi connectivity index (χ1v) is 7.12. The highest BCUT2D eigenvalue weighted by Crippen LogP contribution is 2.22. The minimum Gasteiger partial charge on any atom is -0.418 e. The van der Waals surface area contributed by atoms with Crippen LogP contribution < -0.4 is 0 Å². The second-order valence-electron chi connectivity index (χ2n) is 4.28. The van der Waals surface area contributed by atoms with Gasteiger partial charge in [-0.1, -0.05) is 18.2 Å². The smallest absolute Gasteiger partial charge is 0.418 e. The van der Waals surface area contributed by atoms with E-state index in [9.17, 15) is 17.3 Å². The molecule has 0 aromatic heterocycles. The zero-order chi connectivity index (χ0) is 14.3. The van der Waals surface area contributed by atoms with Gasteiger partial charge in [0.15, 0.2) is 4.90 Å². The van der Waals surface area contributed by atoms with Crippen molar-refractivity contribution in [2.24, 2.45) is 0 Å². The number of hydrogen-bond acceptors (Lipinski definition) is 0. The molecule has 0 aliphatic rings. The molecule has 18 heavy (non-hydrogen) atoms. The van der Waals surface area contributed by atoms with Crippen LogP contribution in [0.2, 0.25) is 0 Å². The van der Waals surface area contributed by atoms with Crippen LogP contribution in [0.15, 0.2) is 35.2 Å². The standard InChI is InChI=1S/C12H19S.BF4/c1-10(2)13(11(3)4)12-8-6-5-7-9-12;2-1(3,4)5/h5-11H,1-4H3;/q+1;-1. The molecule has 0 radical (unpaired) electrons. The summed E-state index contributed by atoms with van der Waals surface area (Å²) in [6, 6.07) is 10.9. The molecule has 1 aromatic rings. The summed E-state index contributed by atoms with van der Waals surface area (Å²) < 4.78 is 39.0. The first kappa shape index (κ1) is 17.4. The van der Waals surface area contributed by atoms with Crippen LogP contribution in [-0.2, 0) is 10.9 Å². The van der Waals surface area contributed by atoms with Crippen LogP contribution in [0, 0.1) is 0 Å². The van der Waals surface area contributed by atoms with Gasteiger partial charge in [-0.05, 0) is 39.8 Å². The van der Waals surface area contributed by atoms with E-state index in [2.05, 4.69) is 58.0 Å². The van der Waals surface area contributed by atoms with E-state index in [0.29, 0.717) is 10.9 Å². The van der Waals surface area contributed by atoms with Crippen molar-refractivity contribution in [1.82, 2.24) is 0 Å². The van der Waals surface area contributed by atoms with Gasteiger partial charge in [0.1, 0.15) is 10.5 Å². The van der Waals surface area contributed by atoms with Crippen LogP contribution >= 0.6 is 0 Å². The molecule has 0 bridgehead atoms. The molecule has 0 aliphatic carbocycles. The molecule has 1 rings (SSSR count). The molecule has 0 N–H and O–H groups in total. The first-order chi connectivity index (χ1) is 8.13. The van der Waals surface area contributed by atoms with Gasteiger partial charge in [0, 0.05) is 10.9 Å². The summed E-state index contributed by atoms with van der Waals surface area (Å²) in [6.45, 7) is 9.26. The normalized spacial score (nSPS) is 11.7. The highest BCUT2D eigenvalue weighted by molar-refractivity contribution is 7.98. The highest BCUT2D eigenvalue weighted by atomic mass is 32.2. The summed E-state index contributed by atoms with van der Waals surface area (Å²) in [6.07, 6.45) is 0. The predicted octanol–water partition coefficient (Wildman–Crippen LogP) is 4.78. The molecule has 0 nitrogen and oxygen atoms in total. The summed E-state index contributed by atoms with van der Waals surface area (Å²) in [5.74, 6) is 0. The highest BCUT2D eigenvalue weighted by Gasteiger charge is 2.29. The van der Waals surface area contributed by atoms with Gasteiger partial charge in [-0.25, -0.2) is 0 Å². The Bertz CT molecular complexity index is 311. The third kappa shape index (κ3) is 8.45. The van der Waals surface area contributed by atoms with Gasteiger partial charge < -0.3 is 17.3 Å². The van der Waals surface area contributed by atoms with Crippen LogP contribution in [0.5, 0.6) is 0 Å². The minimum atomic E-state index is -6.00. The molecular formula is C12H19BF4S. The monoisotopic (exact) mass is 282 g/mol. The van der Waals surface area contributed by atoms with E-state index in [1.165, 1.54) is 4.90 Å². The molecule has 6 heteroatoms. The zero-order valence-corrected chi connectivity index (χ0v) is 11.9. The van der Waals surface area contributed by atoms with Crippen LogP contribution in [0.1, 0.15) is 27.7 Å².